The first-order chi connectivity index (χ1) is 7.65. The molecule has 4 heteroatoms. The van der Waals surface area contributed by atoms with E-state index in [0.29, 0.717) is 5.92 Å². The molecule has 0 saturated heterocycles. The second-order valence-electron chi connectivity index (χ2n) is 4.37. The monoisotopic (exact) mass is 303 g/mol. The highest BCUT2D eigenvalue weighted by Gasteiger charge is 2.26. The van der Waals surface area contributed by atoms with Crippen LogP contribution in [0.2, 0.25) is 5.02 Å². The van der Waals surface area contributed by atoms with E-state index in [1.54, 1.807) is 0 Å². The van der Waals surface area contributed by atoms with Crippen molar-refractivity contribution < 1.29 is 5.11 Å². The van der Waals surface area contributed by atoms with Crippen LogP contribution in [0.1, 0.15) is 18.4 Å². The summed E-state index contributed by atoms with van der Waals surface area (Å²) in [5.74, 6) is 0.640. The molecular weight excluding hydrogens is 289 g/mol. The summed E-state index contributed by atoms with van der Waals surface area (Å²) < 4.78 is 0.931. The second kappa shape index (κ2) is 5.50. The Morgan fingerprint density at radius 1 is 1.44 bits per heavy atom. The van der Waals surface area contributed by atoms with Crippen LogP contribution in [-0.2, 0) is 6.54 Å². The third kappa shape index (κ3) is 3.20. The van der Waals surface area contributed by atoms with Crippen molar-refractivity contribution in [3.05, 3.63) is 33.3 Å². The number of aliphatic hydroxyl groups excluding tert-OH is 1. The number of benzene rings is 1. The molecule has 2 rings (SSSR count). The Morgan fingerprint density at radius 2 is 2.19 bits per heavy atom. The van der Waals surface area contributed by atoms with E-state index in [2.05, 4.69) is 27.3 Å². The number of hydrogen-bond donors (Lipinski definition) is 2. The largest absolute Gasteiger partial charge is 0.393 e. The van der Waals surface area contributed by atoms with Crippen LogP contribution in [-0.4, -0.2) is 17.8 Å². The zero-order valence-corrected chi connectivity index (χ0v) is 11.3. The van der Waals surface area contributed by atoms with Crippen LogP contribution < -0.4 is 5.32 Å². The molecule has 0 aliphatic heterocycles. The molecule has 0 spiro atoms. The summed E-state index contributed by atoms with van der Waals surface area (Å²) in [6.07, 6.45) is 1.82. The molecule has 0 bridgehead atoms. The van der Waals surface area contributed by atoms with Gasteiger partial charge in [0.15, 0.2) is 0 Å². The molecule has 0 unspecified atom stereocenters. The average Bonchev–Trinajstić information content (AvgIpc) is 2.21. The predicted octanol–water partition coefficient (Wildman–Crippen LogP) is 2.96. The van der Waals surface area contributed by atoms with Gasteiger partial charge in [0, 0.05) is 11.0 Å². The fraction of sp³-hybridized carbons (Fsp3) is 0.500. The van der Waals surface area contributed by atoms with Crippen LogP contribution in [0.4, 0.5) is 0 Å². The van der Waals surface area contributed by atoms with Gasteiger partial charge < -0.3 is 10.4 Å². The SMILES string of the molecule is OC1CC(CNCc2ccc(Br)c(Cl)c2)C1. The van der Waals surface area contributed by atoms with E-state index in [4.69, 9.17) is 16.7 Å². The maximum atomic E-state index is 9.15. The maximum absolute atomic E-state index is 9.15. The van der Waals surface area contributed by atoms with E-state index in [9.17, 15) is 0 Å². The summed E-state index contributed by atoms with van der Waals surface area (Å²) in [4.78, 5) is 0. The summed E-state index contributed by atoms with van der Waals surface area (Å²) in [6.45, 7) is 1.81. The molecule has 1 saturated carbocycles. The molecule has 16 heavy (non-hydrogen) atoms. The van der Waals surface area contributed by atoms with Crippen LogP contribution in [0.5, 0.6) is 0 Å². The summed E-state index contributed by atoms with van der Waals surface area (Å²) >= 11 is 9.37. The van der Waals surface area contributed by atoms with Crippen LogP contribution in [0.25, 0.3) is 0 Å². The third-order valence-corrected chi connectivity index (χ3v) is 4.19. The number of rotatable bonds is 4. The lowest BCUT2D eigenvalue weighted by Crippen LogP contribution is -2.35. The molecule has 88 valence electrons. The lowest BCUT2D eigenvalue weighted by molar-refractivity contribution is 0.0430. The molecule has 1 aliphatic rings. The molecule has 1 fully saturated rings. The summed E-state index contributed by atoms with van der Waals surface area (Å²) in [6, 6.07) is 5.99. The average molecular weight is 305 g/mol. The van der Waals surface area contributed by atoms with Crippen molar-refractivity contribution in [3.63, 3.8) is 0 Å². The summed E-state index contributed by atoms with van der Waals surface area (Å²) in [5, 5.41) is 13.3. The van der Waals surface area contributed by atoms with Gasteiger partial charge in [-0.1, -0.05) is 17.7 Å². The Bertz CT molecular complexity index is 366. The third-order valence-electron chi connectivity index (χ3n) is 2.96. The molecule has 0 radical (unpaired) electrons. The van der Waals surface area contributed by atoms with E-state index >= 15 is 0 Å². The van der Waals surface area contributed by atoms with Crippen molar-refractivity contribution in [1.29, 1.82) is 0 Å². The van der Waals surface area contributed by atoms with Crippen molar-refractivity contribution in [2.24, 2.45) is 5.92 Å². The van der Waals surface area contributed by atoms with Gasteiger partial charge in [0.05, 0.1) is 11.1 Å². The molecular formula is C12H15BrClNO. The van der Waals surface area contributed by atoms with E-state index in [-0.39, 0.29) is 6.10 Å². The molecule has 1 aromatic carbocycles. The second-order valence-corrected chi connectivity index (χ2v) is 5.63. The van der Waals surface area contributed by atoms with Gasteiger partial charge in [0.2, 0.25) is 0 Å². The quantitative estimate of drug-likeness (QED) is 0.896. The van der Waals surface area contributed by atoms with Gasteiger partial charge in [-0.2, -0.15) is 0 Å². The molecule has 0 heterocycles. The standard InChI is InChI=1S/C12H15BrClNO/c13-11-2-1-8(5-12(11)14)6-15-7-9-3-10(16)4-9/h1-2,5,9-10,15-16H,3-4,6-7H2. The Hall–Kier alpha value is -0.0900. The van der Waals surface area contributed by atoms with Crippen LogP contribution >= 0.6 is 27.5 Å². The summed E-state index contributed by atoms with van der Waals surface area (Å²) in [5.41, 5.74) is 1.19. The minimum atomic E-state index is -0.0612. The maximum Gasteiger partial charge on any atom is 0.0551 e. The first kappa shape index (κ1) is 12.4. The molecule has 0 aromatic heterocycles. The van der Waals surface area contributed by atoms with Gasteiger partial charge in [0.25, 0.3) is 0 Å². The normalized spacial score (nSPS) is 24.2. The van der Waals surface area contributed by atoms with E-state index < -0.39 is 0 Å². The highest BCUT2D eigenvalue weighted by molar-refractivity contribution is 9.10. The molecule has 1 aliphatic carbocycles. The van der Waals surface area contributed by atoms with Gasteiger partial charge in [0.1, 0.15) is 0 Å². The zero-order valence-electron chi connectivity index (χ0n) is 8.92. The Kier molecular flexibility index (Phi) is 4.25. The number of hydrogen-bond acceptors (Lipinski definition) is 2. The molecule has 2 N–H and O–H groups in total. The van der Waals surface area contributed by atoms with E-state index in [1.165, 1.54) is 5.56 Å². The lowest BCUT2D eigenvalue weighted by atomic mass is 9.82. The number of aliphatic hydroxyl groups is 1. The van der Waals surface area contributed by atoms with E-state index in [1.807, 2.05) is 12.1 Å². The number of nitrogens with one attached hydrogen (secondary N) is 1. The first-order valence-corrected chi connectivity index (χ1v) is 6.65. The summed E-state index contributed by atoms with van der Waals surface area (Å²) in [7, 11) is 0. The Morgan fingerprint density at radius 3 is 2.81 bits per heavy atom. The molecule has 0 atom stereocenters. The van der Waals surface area contributed by atoms with Crippen LogP contribution in [0.15, 0.2) is 22.7 Å². The zero-order chi connectivity index (χ0) is 11.5. The fourth-order valence-corrected chi connectivity index (χ4v) is 2.39. The minimum Gasteiger partial charge on any atom is -0.393 e. The van der Waals surface area contributed by atoms with E-state index in [0.717, 1.165) is 35.4 Å². The van der Waals surface area contributed by atoms with Gasteiger partial charge in [-0.25, -0.2) is 0 Å². The molecule has 1 aromatic rings. The van der Waals surface area contributed by atoms with Crippen molar-refractivity contribution in [1.82, 2.24) is 5.32 Å². The minimum absolute atomic E-state index is 0.0612. The van der Waals surface area contributed by atoms with Crippen molar-refractivity contribution in [3.8, 4) is 0 Å². The highest BCUT2D eigenvalue weighted by atomic mass is 79.9. The highest BCUT2D eigenvalue weighted by Crippen LogP contribution is 2.26. The van der Waals surface area contributed by atoms with Crippen molar-refractivity contribution in [2.75, 3.05) is 6.54 Å². The van der Waals surface area contributed by atoms with Gasteiger partial charge in [-0.05, 0) is 58.9 Å². The smallest absolute Gasteiger partial charge is 0.0551 e. The predicted molar refractivity (Wildman–Crippen MR) is 69.6 cm³/mol. The van der Waals surface area contributed by atoms with Crippen molar-refractivity contribution in [2.45, 2.75) is 25.5 Å². The lowest BCUT2D eigenvalue weighted by Gasteiger charge is -2.31. The topological polar surface area (TPSA) is 32.3 Å². The Labute approximate surface area is 109 Å². The molecule has 2 nitrogen and oxygen atoms in total. The Balaban J connectivity index is 1.74. The first-order valence-electron chi connectivity index (χ1n) is 5.48. The van der Waals surface area contributed by atoms with Gasteiger partial charge in [-0.15, -0.1) is 0 Å². The molecule has 0 amide bonds. The fourth-order valence-electron chi connectivity index (χ4n) is 1.94. The van der Waals surface area contributed by atoms with Crippen LogP contribution in [0.3, 0.4) is 0 Å². The van der Waals surface area contributed by atoms with Gasteiger partial charge in [-0.3, -0.25) is 0 Å². The number of halogens is 2. The van der Waals surface area contributed by atoms with Crippen LogP contribution in [0, 0.1) is 5.92 Å². The van der Waals surface area contributed by atoms with Gasteiger partial charge >= 0.3 is 0 Å². The van der Waals surface area contributed by atoms with Crippen molar-refractivity contribution >= 4 is 27.5 Å².